The van der Waals surface area contributed by atoms with E-state index in [1.165, 1.54) is 19.3 Å². The minimum Gasteiger partial charge on any atom is -0.394 e. The molecule has 13 fully saturated rings. The Balaban J connectivity index is 0.000000141. The number of carbonyl (C=O) groups excluding carboxylic acids is 3. The second kappa shape index (κ2) is 24.3. The number of Topliss-reactive ketones (excluding diaryl/α,β-unsaturated/α-hetero) is 3. The van der Waals surface area contributed by atoms with E-state index >= 15 is 0 Å². The maximum atomic E-state index is 13.5. The van der Waals surface area contributed by atoms with Crippen LogP contribution < -0.4 is 0 Å². The molecule has 0 unspecified atom stereocenters. The molecule has 12 saturated carbocycles. The number of epoxide rings is 1. The lowest BCUT2D eigenvalue weighted by atomic mass is 9.44. The van der Waals surface area contributed by atoms with Gasteiger partial charge in [-0.15, -0.1) is 0 Å². The number of nitriles is 1. The Kier molecular flexibility index (Phi) is 19.3. The predicted octanol–water partition coefficient (Wildman–Crippen LogP) is 10.1. The summed E-state index contributed by atoms with van der Waals surface area (Å²) in [5.74, 6) is 6.31. The summed E-state index contributed by atoms with van der Waals surface area (Å²) in [7, 11) is -4.67. The van der Waals surface area contributed by atoms with Crippen LogP contribution in [0.3, 0.4) is 0 Å². The largest absolute Gasteiger partial charge is 0.394 e. The highest BCUT2D eigenvalue weighted by Gasteiger charge is 2.68. The third kappa shape index (κ3) is 12.3. The first kappa shape index (κ1) is 66.5. The maximum absolute atomic E-state index is 13.5. The monoisotopic (exact) mass is 1200 g/mol. The lowest BCUT2D eigenvalue weighted by Gasteiger charge is -2.62. The molecular weight excluding hydrogens is 1090 g/mol. The van der Waals surface area contributed by atoms with E-state index in [1.807, 2.05) is 27.7 Å². The van der Waals surface area contributed by atoms with Gasteiger partial charge in [0.25, 0.3) is 0 Å². The fraction of sp³-hybridized carbons (Fsp3) is 0.940. The van der Waals surface area contributed by atoms with E-state index in [-0.39, 0.29) is 86.9 Å². The van der Waals surface area contributed by atoms with E-state index in [1.54, 1.807) is 13.8 Å². The summed E-state index contributed by atoms with van der Waals surface area (Å²) in [5, 5.41) is 61.2. The van der Waals surface area contributed by atoms with Gasteiger partial charge in [-0.2, -0.15) is 13.7 Å². The Labute approximate surface area is 503 Å². The van der Waals surface area contributed by atoms with Crippen LogP contribution in [0.25, 0.3) is 0 Å². The van der Waals surface area contributed by atoms with Crippen molar-refractivity contribution in [2.75, 3.05) is 0 Å². The first-order chi connectivity index (χ1) is 39.0. The average Bonchev–Trinajstić information content (AvgIpc) is 1.33. The van der Waals surface area contributed by atoms with Crippen molar-refractivity contribution in [1.82, 2.24) is 0 Å². The van der Waals surface area contributed by atoms with Crippen molar-refractivity contribution in [1.29, 1.82) is 5.26 Å². The van der Waals surface area contributed by atoms with Crippen LogP contribution in [0.15, 0.2) is 0 Å². The van der Waals surface area contributed by atoms with Crippen molar-refractivity contribution in [3.05, 3.63) is 0 Å². The Hall–Kier alpha value is -1.95. The van der Waals surface area contributed by atoms with Crippen LogP contribution in [0.2, 0.25) is 0 Å². The third-order valence-corrected chi connectivity index (χ3v) is 26.2. The summed E-state index contributed by atoms with van der Waals surface area (Å²) >= 11 is 0. The number of aliphatic hydroxyl groups excluding tert-OH is 5. The number of ether oxygens (including phenoxy) is 3. The fourth-order valence-corrected chi connectivity index (χ4v) is 22.8. The van der Waals surface area contributed by atoms with Crippen LogP contribution in [0.1, 0.15) is 218 Å². The van der Waals surface area contributed by atoms with E-state index in [4.69, 9.17) is 36.8 Å². The standard InChI is InChI=1S/C23H35NO3.C22H36O4.C19H28O3.C3H8O.H2O4S/c1-13(2)27-20-11-23(4)14(9-18(20)25)5-7-16-17-8-6-15(12-24)22(17,3)10-19(26)21(16)23;1-12(2)26-18-11-21(3)13(9-16(18)23)5-6-14-15-7-8-19(25)22(15,4)10-17(24)20(14)21;1-18-9-15-14(22-15)7-10(18)3-4-11-12-5-6-16(21)19(12,2)8-13(20)17(11)18;1-3(2)4;1-5(2,3)4/h13-18,20-21,25H,5-11H2,1-4H3;12-18,20,23-24H,5-11H2,1-4H3;10-15,17,20H,3-9H2,1-2H3;3-4H,1-2H3;(H2,1,2,3,4)/t14-,15+,16-,17-,18-,20-,21+,22+,23-;13-,14-,15-,16-,17-,18-,20+,21-,22-;10-,11-,12-,13-,14-,15+,17+,18-,19-;;/m000../s1. The first-order valence-electron chi connectivity index (χ1n) is 33.1. The molecule has 1 saturated heterocycles. The van der Waals surface area contributed by atoms with Gasteiger partial charge in [-0.1, -0.05) is 41.5 Å². The molecule has 0 bridgehead atoms. The normalized spacial score (nSPS) is 51.0. The van der Waals surface area contributed by atoms with Gasteiger partial charge >= 0.3 is 10.4 Å². The number of hydrogen-bond acceptors (Lipinski definition) is 14. The number of rotatable bonds is 4. The van der Waals surface area contributed by atoms with Crippen LogP contribution in [0.4, 0.5) is 0 Å². The SMILES string of the molecule is CC(C)O.CC(C)O[C@H]1C[C@@]2(C)[C@@H](CC[C@@H]3[C@@H]2[C@@H](O)C[C@]2(C)C(=O)CC[C@@H]32)C[C@@H]1O.CC(C)O[C@H]1C[C@@]2(C)[C@@H](CC[C@H]3[C@@H]4CC[C@H](C#N)[C@@]4(C)CC(=O)[C@@H]32)C[C@@H]1O.C[C@]12C[C@H]3O[C@H]3C[C@@H]1CC[C@@H]1[C@@H]2[C@@H](O)C[C@]2(C)C(=O)CC[C@@H]12.O=S(=O)(O)O. The highest BCUT2D eigenvalue weighted by Crippen LogP contribution is 2.70. The molecule has 27 atom stereocenters. The maximum Gasteiger partial charge on any atom is 0.394 e. The van der Waals surface area contributed by atoms with Gasteiger partial charge in [-0.25, -0.2) is 0 Å². The van der Waals surface area contributed by atoms with Crippen molar-refractivity contribution < 1.29 is 71.7 Å². The molecular formula is C67H109NO15S. The smallest absolute Gasteiger partial charge is 0.394 e. The molecule has 1 aliphatic heterocycles. The number of nitrogens with zero attached hydrogens (tertiary/aromatic N) is 1. The molecule has 1 heterocycles. The highest BCUT2D eigenvalue weighted by atomic mass is 32.3. The van der Waals surface area contributed by atoms with E-state index in [0.29, 0.717) is 114 Å². The molecule has 0 amide bonds. The van der Waals surface area contributed by atoms with Gasteiger partial charge in [-0.3, -0.25) is 23.5 Å². The molecule has 478 valence electrons. The molecule has 13 aliphatic rings. The Morgan fingerprint density at radius 3 is 1.40 bits per heavy atom. The molecule has 16 nitrogen and oxygen atoms in total. The summed E-state index contributed by atoms with van der Waals surface area (Å²) in [4.78, 5) is 38.5. The van der Waals surface area contributed by atoms with Crippen LogP contribution in [0.5, 0.6) is 0 Å². The van der Waals surface area contributed by atoms with Crippen LogP contribution in [0, 0.1) is 121 Å². The molecule has 17 heteroatoms. The molecule has 12 aliphatic carbocycles. The topological polar surface area (TPSA) is 282 Å². The van der Waals surface area contributed by atoms with Crippen molar-refractivity contribution in [2.45, 2.75) is 285 Å². The van der Waals surface area contributed by atoms with E-state index in [2.05, 4.69) is 47.6 Å². The van der Waals surface area contributed by atoms with Crippen LogP contribution in [-0.4, -0.2) is 128 Å². The van der Waals surface area contributed by atoms with E-state index < -0.39 is 28.7 Å². The number of carbonyl (C=O) groups is 3. The Bertz CT molecular complexity index is 2540. The highest BCUT2D eigenvalue weighted by molar-refractivity contribution is 7.79. The number of ketones is 3. The minimum absolute atomic E-state index is 0.00587. The molecule has 0 aromatic heterocycles. The van der Waals surface area contributed by atoms with Gasteiger partial charge in [0.2, 0.25) is 0 Å². The van der Waals surface area contributed by atoms with Crippen molar-refractivity contribution in [3.8, 4) is 6.07 Å². The second-order valence-corrected chi connectivity index (χ2v) is 32.9. The Morgan fingerprint density at radius 2 is 0.952 bits per heavy atom. The summed E-state index contributed by atoms with van der Waals surface area (Å²) < 4.78 is 49.6. The fourth-order valence-electron chi connectivity index (χ4n) is 22.8. The zero-order valence-corrected chi connectivity index (χ0v) is 53.8. The van der Waals surface area contributed by atoms with E-state index in [0.717, 1.165) is 89.9 Å². The lowest BCUT2D eigenvalue weighted by molar-refractivity contribution is -0.204. The van der Waals surface area contributed by atoms with Crippen molar-refractivity contribution >= 4 is 27.7 Å². The zero-order chi connectivity index (χ0) is 61.8. The first-order valence-corrected chi connectivity index (χ1v) is 34.5. The zero-order valence-electron chi connectivity index (χ0n) is 53.0. The van der Waals surface area contributed by atoms with Gasteiger partial charge in [0, 0.05) is 42.1 Å². The summed E-state index contributed by atoms with van der Waals surface area (Å²) in [5.41, 5.74) is -0.535. The Morgan fingerprint density at radius 1 is 0.536 bits per heavy atom. The third-order valence-electron chi connectivity index (χ3n) is 26.2. The number of aliphatic hydroxyl groups is 5. The molecule has 13 rings (SSSR count). The molecule has 0 radical (unpaired) electrons. The summed E-state index contributed by atoms with van der Waals surface area (Å²) in [6, 6.07) is 2.51. The van der Waals surface area contributed by atoms with Crippen molar-refractivity contribution in [2.24, 2.45) is 109 Å². The van der Waals surface area contributed by atoms with Gasteiger partial charge in [0.15, 0.2) is 0 Å². The van der Waals surface area contributed by atoms with Gasteiger partial charge in [-0.05, 0) is 244 Å². The molecule has 0 aromatic carbocycles. The lowest BCUT2D eigenvalue weighted by Crippen LogP contribution is -2.61. The number of hydrogen-bond donors (Lipinski definition) is 7. The van der Waals surface area contributed by atoms with E-state index in [9.17, 15) is 40.1 Å². The quantitative estimate of drug-likeness (QED) is 0.102. The summed E-state index contributed by atoms with van der Waals surface area (Å²) in [6.45, 7) is 25.0. The predicted molar refractivity (Wildman–Crippen MR) is 316 cm³/mol. The van der Waals surface area contributed by atoms with Gasteiger partial charge in [0.1, 0.15) is 17.3 Å². The van der Waals surface area contributed by atoms with Gasteiger partial charge < -0.3 is 39.7 Å². The average molecular weight is 1200 g/mol. The minimum atomic E-state index is -4.67. The van der Waals surface area contributed by atoms with Crippen LogP contribution in [-0.2, 0) is 39.0 Å². The molecule has 0 spiro atoms. The number of fused-ring (bicyclic) bond motifs is 16. The molecule has 0 aromatic rings. The molecule has 84 heavy (non-hydrogen) atoms. The summed E-state index contributed by atoms with van der Waals surface area (Å²) in [6.07, 6.45) is 19.0. The van der Waals surface area contributed by atoms with Crippen molar-refractivity contribution in [3.63, 3.8) is 0 Å². The van der Waals surface area contributed by atoms with Crippen LogP contribution >= 0.6 is 0 Å². The second-order valence-electron chi connectivity index (χ2n) is 32.0. The van der Waals surface area contributed by atoms with Gasteiger partial charge in [0.05, 0.1) is 73.0 Å². The molecule has 7 N–H and O–H groups in total.